The van der Waals surface area contributed by atoms with Crippen LogP contribution in [0, 0.1) is 0 Å². The summed E-state index contributed by atoms with van der Waals surface area (Å²) in [5.41, 5.74) is 0. The Morgan fingerprint density at radius 1 is 1.08 bits per heavy atom. The topological polar surface area (TPSA) is 32.7 Å². The zero-order valence-corrected chi connectivity index (χ0v) is 8.96. The number of aliphatic hydroxyl groups excluding tert-OH is 1. The van der Waals surface area contributed by atoms with Gasteiger partial charge in [-0.1, -0.05) is 0 Å². The van der Waals surface area contributed by atoms with Gasteiger partial charge >= 0.3 is 0 Å². The second-order valence-electron chi connectivity index (χ2n) is 3.43. The highest BCUT2D eigenvalue weighted by atomic mass is 16.5. The molecule has 0 aliphatic carbocycles. The van der Waals surface area contributed by atoms with E-state index in [-0.39, 0.29) is 0 Å². The summed E-state index contributed by atoms with van der Waals surface area (Å²) in [6.45, 7) is 3.41. The Balaban J connectivity index is 3.05. The molecule has 0 aliphatic rings. The van der Waals surface area contributed by atoms with Gasteiger partial charge in [0, 0.05) is 26.9 Å². The quantitative estimate of drug-likeness (QED) is 0.552. The average molecular weight is 189 g/mol. The molecule has 0 spiro atoms. The summed E-state index contributed by atoms with van der Waals surface area (Å²) in [5.74, 6) is 0. The van der Waals surface area contributed by atoms with Gasteiger partial charge in [-0.15, -0.1) is 0 Å². The van der Waals surface area contributed by atoms with Crippen molar-refractivity contribution in [2.75, 3.05) is 40.5 Å². The molecular weight excluding hydrogens is 166 g/mol. The zero-order valence-electron chi connectivity index (χ0n) is 8.96. The molecule has 0 aromatic carbocycles. The summed E-state index contributed by atoms with van der Waals surface area (Å²) >= 11 is 0. The van der Waals surface area contributed by atoms with Gasteiger partial charge in [0.15, 0.2) is 0 Å². The van der Waals surface area contributed by atoms with Crippen molar-refractivity contribution in [2.24, 2.45) is 0 Å². The van der Waals surface area contributed by atoms with Crippen LogP contribution in [0.15, 0.2) is 0 Å². The van der Waals surface area contributed by atoms with Crippen LogP contribution in [-0.2, 0) is 4.74 Å². The summed E-state index contributed by atoms with van der Waals surface area (Å²) < 4.78 is 4.98. The summed E-state index contributed by atoms with van der Waals surface area (Å²) in [7, 11) is 3.87. The van der Waals surface area contributed by atoms with Gasteiger partial charge in [0.05, 0.1) is 0 Å². The average Bonchev–Trinajstić information content (AvgIpc) is 2.13. The molecule has 0 bridgehead atoms. The maximum absolute atomic E-state index is 8.57. The van der Waals surface area contributed by atoms with E-state index < -0.39 is 0 Å². The van der Waals surface area contributed by atoms with Crippen LogP contribution in [-0.4, -0.2) is 50.5 Å². The van der Waals surface area contributed by atoms with Gasteiger partial charge in [-0.3, -0.25) is 0 Å². The van der Waals surface area contributed by atoms with Crippen molar-refractivity contribution in [3.8, 4) is 0 Å². The molecular formula is C10H23NO2. The van der Waals surface area contributed by atoms with Crippen molar-refractivity contribution in [1.82, 2.24) is 4.90 Å². The lowest BCUT2D eigenvalue weighted by Gasteiger charge is -2.15. The normalized spacial score (nSPS) is 11.1. The fraction of sp³-hybridized carbons (Fsp3) is 1.00. The second kappa shape index (κ2) is 9.96. The number of methoxy groups -OCH3 is 1. The first kappa shape index (κ1) is 12.9. The minimum Gasteiger partial charge on any atom is -0.396 e. The van der Waals surface area contributed by atoms with E-state index >= 15 is 0 Å². The van der Waals surface area contributed by atoms with Crippen LogP contribution in [0.3, 0.4) is 0 Å². The van der Waals surface area contributed by atoms with E-state index in [1.807, 2.05) is 0 Å². The van der Waals surface area contributed by atoms with Gasteiger partial charge < -0.3 is 14.7 Å². The van der Waals surface area contributed by atoms with E-state index in [9.17, 15) is 0 Å². The van der Waals surface area contributed by atoms with Gasteiger partial charge in [-0.25, -0.2) is 0 Å². The third-order valence-corrected chi connectivity index (χ3v) is 2.09. The van der Waals surface area contributed by atoms with Crippen LogP contribution in [0.25, 0.3) is 0 Å². The highest BCUT2D eigenvalue weighted by Gasteiger charge is 1.97. The van der Waals surface area contributed by atoms with E-state index in [0.717, 1.165) is 39.0 Å². The first-order chi connectivity index (χ1) is 6.31. The lowest BCUT2D eigenvalue weighted by atomic mass is 10.2. The van der Waals surface area contributed by atoms with Crippen LogP contribution in [0.5, 0.6) is 0 Å². The maximum Gasteiger partial charge on any atom is 0.0474 e. The fourth-order valence-corrected chi connectivity index (χ4v) is 1.26. The fourth-order valence-electron chi connectivity index (χ4n) is 1.26. The third kappa shape index (κ3) is 9.80. The Kier molecular flexibility index (Phi) is 9.87. The van der Waals surface area contributed by atoms with Gasteiger partial charge in [0.2, 0.25) is 0 Å². The largest absolute Gasteiger partial charge is 0.396 e. The first-order valence-electron chi connectivity index (χ1n) is 5.09. The Hall–Kier alpha value is -0.120. The number of hydrogen-bond donors (Lipinski definition) is 1. The Morgan fingerprint density at radius 2 is 1.77 bits per heavy atom. The van der Waals surface area contributed by atoms with Gasteiger partial charge in [-0.2, -0.15) is 0 Å². The van der Waals surface area contributed by atoms with Crippen LogP contribution < -0.4 is 0 Å². The number of rotatable bonds is 9. The molecule has 80 valence electrons. The molecule has 0 aromatic heterocycles. The highest BCUT2D eigenvalue weighted by molar-refractivity contribution is 4.51. The van der Waals surface area contributed by atoms with Crippen LogP contribution in [0.1, 0.15) is 25.7 Å². The van der Waals surface area contributed by atoms with E-state index in [2.05, 4.69) is 11.9 Å². The number of ether oxygens (including phenoxy) is 1. The minimum absolute atomic E-state index is 0.327. The summed E-state index contributed by atoms with van der Waals surface area (Å²) in [5, 5.41) is 8.57. The number of unbranched alkanes of at least 4 members (excludes halogenated alkanes) is 2. The van der Waals surface area contributed by atoms with E-state index in [4.69, 9.17) is 9.84 Å². The zero-order chi connectivity index (χ0) is 9.94. The first-order valence-corrected chi connectivity index (χ1v) is 5.09. The maximum atomic E-state index is 8.57. The third-order valence-electron chi connectivity index (χ3n) is 2.09. The molecule has 0 fully saturated rings. The van der Waals surface area contributed by atoms with Crippen molar-refractivity contribution < 1.29 is 9.84 Å². The minimum atomic E-state index is 0.327. The van der Waals surface area contributed by atoms with Crippen LogP contribution in [0.2, 0.25) is 0 Å². The van der Waals surface area contributed by atoms with Crippen molar-refractivity contribution in [3.05, 3.63) is 0 Å². The monoisotopic (exact) mass is 189 g/mol. The Morgan fingerprint density at radius 3 is 2.38 bits per heavy atom. The molecule has 0 radical (unpaired) electrons. The molecule has 0 aromatic rings. The van der Waals surface area contributed by atoms with Gasteiger partial charge in [0.25, 0.3) is 0 Å². The molecule has 0 heterocycles. The molecule has 0 saturated heterocycles. The Labute approximate surface area is 81.7 Å². The van der Waals surface area contributed by atoms with E-state index in [0.29, 0.717) is 6.61 Å². The molecule has 0 unspecified atom stereocenters. The van der Waals surface area contributed by atoms with Crippen LogP contribution in [0.4, 0.5) is 0 Å². The molecule has 1 N–H and O–H groups in total. The standard InChI is InChI=1S/C10H23NO2/c1-11(8-6-10-13-2)7-4-3-5-9-12/h12H,3-10H2,1-2H3. The predicted octanol–water partition coefficient (Wildman–Crippen LogP) is 1.12. The summed E-state index contributed by atoms with van der Waals surface area (Å²) in [6.07, 6.45) is 4.36. The SMILES string of the molecule is COCCCN(C)CCCCCO. The molecule has 3 nitrogen and oxygen atoms in total. The molecule has 3 heteroatoms. The number of hydrogen-bond acceptors (Lipinski definition) is 3. The lowest BCUT2D eigenvalue weighted by molar-refractivity contribution is 0.178. The molecule has 0 rings (SSSR count). The molecule has 0 saturated carbocycles. The summed E-state index contributed by atoms with van der Waals surface area (Å²) in [6, 6.07) is 0. The number of nitrogens with zero attached hydrogens (tertiary/aromatic N) is 1. The second-order valence-corrected chi connectivity index (χ2v) is 3.43. The van der Waals surface area contributed by atoms with Crippen molar-refractivity contribution in [1.29, 1.82) is 0 Å². The smallest absolute Gasteiger partial charge is 0.0474 e. The van der Waals surface area contributed by atoms with E-state index in [1.165, 1.54) is 6.42 Å². The van der Waals surface area contributed by atoms with E-state index in [1.54, 1.807) is 7.11 Å². The highest BCUT2D eigenvalue weighted by Crippen LogP contribution is 1.97. The number of aliphatic hydroxyl groups is 1. The molecule has 0 amide bonds. The van der Waals surface area contributed by atoms with Crippen LogP contribution >= 0.6 is 0 Å². The van der Waals surface area contributed by atoms with Gasteiger partial charge in [-0.05, 0) is 39.3 Å². The van der Waals surface area contributed by atoms with Crippen molar-refractivity contribution in [2.45, 2.75) is 25.7 Å². The van der Waals surface area contributed by atoms with Crippen molar-refractivity contribution >= 4 is 0 Å². The lowest BCUT2D eigenvalue weighted by Crippen LogP contribution is -2.21. The predicted molar refractivity (Wildman–Crippen MR) is 54.9 cm³/mol. The molecule has 13 heavy (non-hydrogen) atoms. The molecule has 0 atom stereocenters. The van der Waals surface area contributed by atoms with Crippen molar-refractivity contribution in [3.63, 3.8) is 0 Å². The van der Waals surface area contributed by atoms with Gasteiger partial charge in [0.1, 0.15) is 0 Å². The Bertz CT molecular complexity index is 98.9. The molecule has 0 aliphatic heterocycles. The summed E-state index contributed by atoms with van der Waals surface area (Å²) in [4.78, 5) is 2.32.